The third-order valence-electron chi connectivity index (χ3n) is 3.92. The summed E-state index contributed by atoms with van der Waals surface area (Å²) in [6, 6.07) is 16.3. The summed E-state index contributed by atoms with van der Waals surface area (Å²) in [6.45, 7) is 2.52. The van der Waals surface area contributed by atoms with Crippen LogP contribution in [-0.2, 0) is 9.53 Å². The minimum Gasteiger partial charge on any atom is -0.484 e. The van der Waals surface area contributed by atoms with Gasteiger partial charge in [-0.2, -0.15) is 5.10 Å². The van der Waals surface area contributed by atoms with Crippen molar-refractivity contribution < 1.29 is 19.1 Å². The number of carbonyl (C=O) groups excluding carboxylic acids is 2. The fourth-order valence-electron chi connectivity index (χ4n) is 2.59. The Morgan fingerprint density at radius 1 is 1.08 bits per heavy atom. The van der Waals surface area contributed by atoms with E-state index in [4.69, 9.17) is 9.47 Å². The molecule has 0 bridgehead atoms. The van der Waals surface area contributed by atoms with E-state index >= 15 is 0 Å². The molecular formula is C20H20N2O4. The third-order valence-corrected chi connectivity index (χ3v) is 3.92. The van der Waals surface area contributed by atoms with Crippen LogP contribution in [0.5, 0.6) is 5.75 Å². The molecule has 0 saturated carbocycles. The molecule has 0 aliphatic carbocycles. The zero-order valence-electron chi connectivity index (χ0n) is 14.6. The number of amides is 1. The molecule has 2 aromatic carbocycles. The van der Waals surface area contributed by atoms with Gasteiger partial charge in [0.25, 0.3) is 5.91 Å². The zero-order valence-corrected chi connectivity index (χ0v) is 14.6. The van der Waals surface area contributed by atoms with Crippen molar-refractivity contribution in [1.82, 2.24) is 5.01 Å². The molecule has 26 heavy (non-hydrogen) atoms. The van der Waals surface area contributed by atoms with E-state index in [0.29, 0.717) is 24.5 Å². The Hall–Kier alpha value is -3.15. The van der Waals surface area contributed by atoms with E-state index in [1.165, 1.54) is 5.01 Å². The first-order valence-electron chi connectivity index (χ1n) is 8.50. The molecule has 0 saturated heterocycles. The molecule has 1 amide bonds. The van der Waals surface area contributed by atoms with E-state index in [2.05, 4.69) is 5.10 Å². The zero-order chi connectivity index (χ0) is 18.4. The Bertz CT molecular complexity index is 800. The highest BCUT2D eigenvalue weighted by Crippen LogP contribution is 2.16. The van der Waals surface area contributed by atoms with Crippen molar-refractivity contribution in [2.75, 3.05) is 19.8 Å². The lowest BCUT2D eigenvalue weighted by molar-refractivity contribution is -0.132. The molecule has 6 heteroatoms. The summed E-state index contributed by atoms with van der Waals surface area (Å²) in [5.74, 6) is -0.0711. The quantitative estimate of drug-likeness (QED) is 0.750. The number of benzene rings is 2. The van der Waals surface area contributed by atoms with Crippen molar-refractivity contribution in [1.29, 1.82) is 0 Å². The topological polar surface area (TPSA) is 68.2 Å². The van der Waals surface area contributed by atoms with E-state index in [9.17, 15) is 9.59 Å². The van der Waals surface area contributed by atoms with E-state index in [0.717, 1.165) is 17.7 Å². The first kappa shape index (κ1) is 17.7. The molecule has 0 fully saturated rings. The number of hydrogen-bond acceptors (Lipinski definition) is 5. The highest BCUT2D eigenvalue weighted by molar-refractivity contribution is 6.02. The van der Waals surface area contributed by atoms with E-state index < -0.39 is 0 Å². The Morgan fingerprint density at radius 2 is 1.81 bits per heavy atom. The summed E-state index contributed by atoms with van der Waals surface area (Å²) in [5, 5.41) is 5.83. The second kappa shape index (κ2) is 8.29. The van der Waals surface area contributed by atoms with Crippen LogP contribution in [0.2, 0.25) is 0 Å². The van der Waals surface area contributed by atoms with Crippen LogP contribution in [0.3, 0.4) is 0 Å². The summed E-state index contributed by atoms with van der Waals surface area (Å²) in [6.07, 6.45) is 0.726. The van der Waals surface area contributed by atoms with E-state index in [1.807, 2.05) is 30.3 Å². The van der Waals surface area contributed by atoms with Crippen LogP contribution in [-0.4, -0.2) is 42.4 Å². The molecule has 0 radical (unpaired) electrons. The predicted molar refractivity (Wildman–Crippen MR) is 97.2 cm³/mol. The average molecular weight is 352 g/mol. The van der Waals surface area contributed by atoms with Gasteiger partial charge in [0.05, 0.1) is 24.4 Å². The first-order valence-corrected chi connectivity index (χ1v) is 8.50. The molecule has 1 aliphatic rings. The number of esters is 1. The van der Waals surface area contributed by atoms with Crippen LogP contribution in [0.1, 0.15) is 29.3 Å². The van der Waals surface area contributed by atoms with Gasteiger partial charge in [-0.3, -0.25) is 4.79 Å². The molecule has 0 aromatic heterocycles. The Morgan fingerprint density at radius 3 is 2.50 bits per heavy atom. The van der Waals surface area contributed by atoms with Crippen molar-refractivity contribution in [3.63, 3.8) is 0 Å². The molecule has 6 nitrogen and oxygen atoms in total. The van der Waals surface area contributed by atoms with Gasteiger partial charge >= 0.3 is 5.97 Å². The number of rotatable bonds is 6. The summed E-state index contributed by atoms with van der Waals surface area (Å²) in [4.78, 5) is 23.9. The summed E-state index contributed by atoms with van der Waals surface area (Å²) < 4.78 is 10.4. The Balaban J connectivity index is 1.54. The molecule has 1 heterocycles. The highest BCUT2D eigenvalue weighted by Gasteiger charge is 2.21. The summed E-state index contributed by atoms with van der Waals surface area (Å²) in [5.41, 5.74) is 2.37. The fourth-order valence-corrected chi connectivity index (χ4v) is 2.59. The smallest absolute Gasteiger partial charge is 0.338 e. The maximum absolute atomic E-state index is 12.3. The van der Waals surface area contributed by atoms with Crippen molar-refractivity contribution in [3.05, 3.63) is 65.7 Å². The van der Waals surface area contributed by atoms with Gasteiger partial charge in [-0.1, -0.05) is 30.3 Å². The number of ether oxygens (including phenoxy) is 2. The van der Waals surface area contributed by atoms with Crippen LogP contribution in [0.15, 0.2) is 59.7 Å². The van der Waals surface area contributed by atoms with Gasteiger partial charge in [-0.05, 0) is 36.8 Å². The van der Waals surface area contributed by atoms with Gasteiger partial charge in [0.15, 0.2) is 6.61 Å². The van der Waals surface area contributed by atoms with Crippen LogP contribution in [0.4, 0.5) is 0 Å². The monoisotopic (exact) mass is 352 g/mol. The van der Waals surface area contributed by atoms with Crippen LogP contribution in [0, 0.1) is 0 Å². The highest BCUT2D eigenvalue weighted by atomic mass is 16.5. The number of hydrazone groups is 1. The molecular weight excluding hydrogens is 332 g/mol. The Kier molecular flexibility index (Phi) is 5.63. The Labute approximate surface area is 152 Å². The summed E-state index contributed by atoms with van der Waals surface area (Å²) in [7, 11) is 0. The number of hydrogen-bond donors (Lipinski definition) is 0. The van der Waals surface area contributed by atoms with Gasteiger partial charge in [0, 0.05) is 6.42 Å². The molecule has 0 spiro atoms. The average Bonchev–Trinajstić information content (AvgIpc) is 3.18. The van der Waals surface area contributed by atoms with Gasteiger partial charge < -0.3 is 9.47 Å². The fraction of sp³-hybridized carbons (Fsp3) is 0.250. The standard InChI is InChI=1S/C20H20N2O4/c1-2-25-20(24)16-8-10-17(11-9-16)26-14-19(23)22-13-12-18(21-22)15-6-4-3-5-7-15/h3-11H,2,12-14H2,1H3. The predicted octanol–water partition coefficient (Wildman–Crippen LogP) is 2.88. The lowest BCUT2D eigenvalue weighted by atomic mass is 10.1. The third kappa shape index (κ3) is 4.27. The lowest BCUT2D eigenvalue weighted by Crippen LogP contribution is -2.28. The first-order chi connectivity index (χ1) is 12.7. The minimum atomic E-state index is -0.380. The van der Waals surface area contributed by atoms with Gasteiger partial charge in [0.1, 0.15) is 5.75 Å². The molecule has 1 aliphatic heterocycles. The maximum atomic E-state index is 12.3. The van der Waals surface area contributed by atoms with Crippen LogP contribution >= 0.6 is 0 Å². The normalized spacial score (nSPS) is 13.3. The van der Waals surface area contributed by atoms with Gasteiger partial charge in [-0.25, -0.2) is 9.80 Å². The minimum absolute atomic E-state index is 0.107. The van der Waals surface area contributed by atoms with Crippen molar-refractivity contribution >= 4 is 17.6 Å². The summed E-state index contributed by atoms with van der Waals surface area (Å²) >= 11 is 0. The SMILES string of the molecule is CCOC(=O)c1ccc(OCC(=O)N2CCC(c3ccccc3)=N2)cc1. The van der Waals surface area contributed by atoms with Crippen LogP contribution < -0.4 is 4.74 Å². The largest absolute Gasteiger partial charge is 0.484 e. The second-order valence-electron chi connectivity index (χ2n) is 5.71. The molecule has 134 valence electrons. The molecule has 0 N–H and O–H groups in total. The molecule has 0 unspecified atom stereocenters. The lowest BCUT2D eigenvalue weighted by Gasteiger charge is -2.12. The molecule has 2 aromatic rings. The van der Waals surface area contributed by atoms with E-state index in [-0.39, 0.29) is 18.5 Å². The number of nitrogens with zero attached hydrogens (tertiary/aromatic N) is 2. The van der Waals surface area contributed by atoms with Crippen LogP contribution in [0.25, 0.3) is 0 Å². The maximum Gasteiger partial charge on any atom is 0.338 e. The van der Waals surface area contributed by atoms with Crippen molar-refractivity contribution in [2.24, 2.45) is 5.10 Å². The van der Waals surface area contributed by atoms with E-state index in [1.54, 1.807) is 31.2 Å². The van der Waals surface area contributed by atoms with Gasteiger partial charge in [-0.15, -0.1) is 0 Å². The van der Waals surface area contributed by atoms with Crippen molar-refractivity contribution in [3.8, 4) is 5.75 Å². The van der Waals surface area contributed by atoms with Gasteiger partial charge in [0.2, 0.25) is 0 Å². The van der Waals surface area contributed by atoms with Crippen molar-refractivity contribution in [2.45, 2.75) is 13.3 Å². The number of carbonyl (C=O) groups is 2. The molecule has 3 rings (SSSR count). The second-order valence-corrected chi connectivity index (χ2v) is 5.71. The molecule has 0 atom stereocenters.